The van der Waals surface area contributed by atoms with Crippen molar-refractivity contribution in [2.24, 2.45) is 0 Å². The minimum Gasteiger partial charge on any atom is -0.462 e. The van der Waals surface area contributed by atoms with Crippen LogP contribution in [-0.2, 0) is 17.7 Å². The van der Waals surface area contributed by atoms with Gasteiger partial charge in [0.2, 0.25) is 0 Å². The maximum Gasteiger partial charge on any atom is 0.338 e. The molecular formula is C36H35ClN2O5. The molecule has 1 heterocycles. The fourth-order valence-corrected chi connectivity index (χ4v) is 5.35. The van der Waals surface area contributed by atoms with Gasteiger partial charge in [0.1, 0.15) is 11.5 Å². The number of ether oxygens (including phenoxy) is 2. The summed E-state index contributed by atoms with van der Waals surface area (Å²) >= 11 is 6.18. The molecule has 2 N–H and O–H groups in total. The predicted molar refractivity (Wildman–Crippen MR) is 172 cm³/mol. The van der Waals surface area contributed by atoms with Crippen molar-refractivity contribution < 1.29 is 24.5 Å². The molecule has 1 aromatic heterocycles. The van der Waals surface area contributed by atoms with E-state index in [4.69, 9.17) is 21.1 Å². The number of aromatic nitrogens is 1. The van der Waals surface area contributed by atoms with Crippen LogP contribution in [0.15, 0.2) is 109 Å². The third-order valence-electron chi connectivity index (χ3n) is 7.43. The first-order valence-corrected chi connectivity index (χ1v) is 15.0. The van der Waals surface area contributed by atoms with Crippen LogP contribution in [0.4, 0.5) is 0 Å². The van der Waals surface area contributed by atoms with Gasteiger partial charge in [-0.05, 0) is 78.6 Å². The smallest absolute Gasteiger partial charge is 0.338 e. The van der Waals surface area contributed by atoms with Gasteiger partial charge in [-0.2, -0.15) is 0 Å². The molecule has 0 amide bonds. The third kappa shape index (κ3) is 8.01. The second-order valence-corrected chi connectivity index (χ2v) is 11.0. The lowest BCUT2D eigenvalue weighted by Gasteiger charge is -2.32. The summed E-state index contributed by atoms with van der Waals surface area (Å²) in [5, 5.41) is 22.9. The summed E-state index contributed by atoms with van der Waals surface area (Å²) in [6.07, 6.45) is 1.44. The molecule has 4 aromatic carbocycles. The van der Waals surface area contributed by atoms with Crippen LogP contribution in [-0.4, -0.2) is 51.9 Å². The minimum absolute atomic E-state index is 0.0792. The molecule has 0 bridgehead atoms. The highest BCUT2D eigenvalue weighted by molar-refractivity contribution is 6.30. The molecule has 5 rings (SSSR count). The summed E-state index contributed by atoms with van der Waals surface area (Å²) < 4.78 is 11.3. The van der Waals surface area contributed by atoms with Crippen molar-refractivity contribution >= 4 is 28.5 Å². The number of esters is 1. The zero-order valence-corrected chi connectivity index (χ0v) is 25.2. The normalized spacial score (nSPS) is 12.7. The molecule has 0 aliphatic carbocycles. The van der Waals surface area contributed by atoms with E-state index in [1.807, 2.05) is 72.8 Å². The molecule has 2 atom stereocenters. The van der Waals surface area contributed by atoms with Gasteiger partial charge >= 0.3 is 5.97 Å². The van der Waals surface area contributed by atoms with Crippen LogP contribution in [0, 0.1) is 0 Å². The largest absolute Gasteiger partial charge is 0.462 e. The average Bonchev–Trinajstić information content (AvgIpc) is 3.04. The molecule has 0 unspecified atom stereocenters. The Morgan fingerprint density at radius 3 is 2.45 bits per heavy atom. The van der Waals surface area contributed by atoms with Gasteiger partial charge < -0.3 is 19.7 Å². The maximum atomic E-state index is 12.1. The Morgan fingerprint density at radius 2 is 1.73 bits per heavy atom. The number of carbonyl (C=O) groups is 1. The first-order valence-electron chi connectivity index (χ1n) is 14.6. The number of rotatable bonds is 13. The highest BCUT2D eigenvalue weighted by Gasteiger charge is 2.23. The quantitative estimate of drug-likeness (QED) is 0.139. The van der Waals surface area contributed by atoms with E-state index in [1.54, 1.807) is 43.5 Å². The number of carbonyl (C=O) groups excluding carboxylic acids is 1. The van der Waals surface area contributed by atoms with E-state index in [0.29, 0.717) is 53.7 Å². The van der Waals surface area contributed by atoms with Crippen LogP contribution >= 0.6 is 11.6 Å². The van der Waals surface area contributed by atoms with Crippen molar-refractivity contribution in [3.05, 3.63) is 137 Å². The van der Waals surface area contributed by atoms with Crippen LogP contribution in [0.25, 0.3) is 10.9 Å². The van der Waals surface area contributed by atoms with Crippen LogP contribution in [0.1, 0.15) is 40.1 Å². The molecule has 5 aromatic rings. The number of halogens is 1. The molecule has 0 saturated carbocycles. The van der Waals surface area contributed by atoms with Crippen molar-refractivity contribution in [3.8, 4) is 11.5 Å². The number of nitrogens with zero attached hydrogens (tertiary/aromatic N) is 2. The minimum atomic E-state index is -0.772. The Bertz CT molecular complexity index is 1680. The van der Waals surface area contributed by atoms with E-state index in [1.165, 1.54) is 0 Å². The van der Waals surface area contributed by atoms with E-state index in [9.17, 15) is 15.0 Å². The lowest BCUT2D eigenvalue weighted by molar-refractivity contribution is 0.0526. The Balaban J connectivity index is 1.31. The highest BCUT2D eigenvalue weighted by atomic mass is 35.5. The van der Waals surface area contributed by atoms with E-state index in [-0.39, 0.29) is 18.6 Å². The number of fused-ring (bicyclic) bond motifs is 1. The van der Waals surface area contributed by atoms with Crippen LogP contribution < -0.4 is 4.74 Å². The second kappa shape index (κ2) is 14.9. The van der Waals surface area contributed by atoms with Gasteiger partial charge in [-0.3, -0.25) is 9.88 Å². The molecule has 0 saturated heterocycles. The summed E-state index contributed by atoms with van der Waals surface area (Å²) in [7, 11) is 0. The fourth-order valence-electron chi connectivity index (χ4n) is 5.16. The van der Waals surface area contributed by atoms with Crippen molar-refractivity contribution in [2.45, 2.75) is 32.0 Å². The number of benzene rings is 4. The standard InChI is InChI=1S/C36H35ClN2O5/c1-2-43-36(42)28-13-16-32-33(21-28)38-18-17-35(32)44-31-14-11-25(12-15-31)19-30(24-40)39(22-26-7-4-3-5-8-26)23-34(41)27-9-6-10-29(37)20-27/h3-18,20-21,30,34,40-41H,2,19,22-24H2,1H3/t30-,34-/m0/s1. The van der Waals surface area contributed by atoms with Gasteiger partial charge in [-0.25, -0.2) is 4.79 Å². The molecule has 0 fully saturated rings. The van der Waals surface area contributed by atoms with E-state index >= 15 is 0 Å². The second-order valence-electron chi connectivity index (χ2n) is 10.5. The van der Waals surface area contributed by atoms with Crippen LogP contribution in [0.2, 0.25) is 5.02 Å². The van der Waals surface area contributed by atoms with Crippen LogP contribution in [0.5, 0.6) is 11.5 Å². The van der Waals surface area contributed by atoms with E-state index in [2.05, 4.69) is 9.88 Å². The van der Waals surface area contributed by atoms with Crippen molar-refractivity contribution in [3.63, 3.8) is 0 Å². The topological polar surface area (TPSA) is 92.1 Å². The van der Waals surface area contributed by atoms with Gasteiger partial charge in [-0.1, -0.05) is 66.2 Å². The first-order chi connectivity index (χ1) is 21.4. The molecule has 0 radical (unpaired) electrons. The summed E-state index contributed by atoms with van der Waals surface area (Å²) in [5.41, 5.74) is 3.91. The fraction of sp³-hybridized carbons (Fsp3) is 0.222. The number of aliphatic hydroxyl groups excluding tert-OH is 2. The summed E-state index contributed by atoms with van der Waals surface area (Å²) in [4.78, 5) is 18.6. The average molecular weight is 611 g/mol. The third-order valence-corrected chi connectivity index (χ3v) is 7.67. The van der Waals surface area contributed by atoms with Crippen molar-refractivity contribution in [2.75, 3.05) is 19.8 Å². The molecule has 0 spiro atoms. The Labute approximate surface area is 262 Å². The van der Waals surface area contributed by atoms with Crippen molar-refractivity contribution in [1.29, 1.82) is 0 Å². The molecule has 7 nitrogen and oxygen atoms in total. The van der Waals surface area contributed by atoms with Gasteiger partial charge in [-0.15, -0.1) is 0 Å². The lowest BCUT2D eigenvalue weighted by atomic mass is 10.0. The Morgan fingerprint density at radius 1 is 0.932 bits per heavy atom. The summed E-state index contributed by atoms with van der Waals surface area (Å²) in [5.74, 6) is 0.879. The Hall–Kier alpha value is -4.27. The lowest BCUT2D eigenvalue weighted by Crippen LogP contribution is -2.41. The van der Waals surface area contributed by atoms with Gasteiger partial charge in [0.05, 0.1) is 30.4 Å². The Kier molecular flexibility index (Phi) is 10.6. The van der Waals surface area contributed by atoms with Gasteiger partial charge in [0, 0.05) is 35.7 Å². The summed E-state index contributed by atoms with van der Waals surface area (Å²) in [6, 6.07) is 31.8. The number of hydrogen-bond acceptors (Lipinski definition) is 7. The number of hydrogen-bond donors (Lipinski definition) is 2. The highest BCUT2D eigenvalue weighted by Crippen LogP contribution is 2.30. The monoisotopic (exact) mass is 610 g/mol. The number of pyridine rings is 1. The van der Waals surface area contributed by atoms with E-state index in [0.717, 1.165) is 22.1 Å². The zero-order valence-electron chi connectivity index (χ0n) is 24.5. The molecule has 44 heavy (non-hydrogen) atoms. The van der Waals surface area contributed by atoms with E-state index < -0.39 is 6.10 Å². The van der Waals surface area contributed by atoms with Crippen molar-refractivity contribution in [1.82, 2.24) is 9.88 Å². The molecule has 0 aliphatic heterocycles. The molecule has 226 valence electrons. The SMILES string of the molecule is CCOC(=O)c1ccc2c(Oc3ccc(C[C@@H](CO)N(Cc4ccccc4)C[C@H](O)c4cccc(Cl)c4)cc3)ccnc2c1. The van der Waals surface area contributed by atoms with Gasteiger partial charge in [0.25, 0.3) is 0 Å². The number of aliphatic hydroxyl groups is 2. The molecular weight excluding hydrogens is 576 g/mol. The summed E-state index contributed by atoms with van der Waals surface area (Å²) in [6.45, 7) is 2.89. The maximum absolute atomic E-state index is 12.1. The first kappa shape index (κ1) is 31.2. The molecule has 8 heteroatoms. The predicted octanol–water partition coefficient (Wildman–Crippen LogP) is 7.00. The van der Waals surface area contributed by atoms with Gasteiger partial charge in [0.15, 0.2) is 0 Å². The molecule has 0 aliphatic rings. The van der Waals surface area contributed by atoms with Crippen LogP contribution in [0.3, 0.4) is 0 Å². The zero-order chi connectivity index (χ0) is 30.9.